The Morgan fingerprint density at radius 3 is 1.94 bits per heavy atom. The molecule has 0 N–H and O–H groups in total. The first-order chi connectivity index (χ1) is 7.20. The maximum atomic E-state index is 12.9. The molecule has 88 valence electrons. The highest BCUT2D eigenvalue weighted by atomic mass is 28.3. The zero-order valence-corrected chi connectivity index (χ0v) is 10.6. The topological polar surface area (TPSA) is 0 Å². The Hall–Kier alpha value is -1.03. The molecule has 1 rings (SSSR count). The minimum Gasteiger partial charge on any atom is -0.166 e. The fourth-order valence-corrected chi connectivity index (χ4v) is 2.58. The van der Waals surface area contributed by atoms with E-state index < -0.39 is 19.8 Å². The smallest absolute Gasteiger partial charge is 0.166 e. The van der Waals surface area contributed by atoms with Crippen LogP contribution in [0.5, 0.6) is 0 Å². The van der Waals surface area contributed by atoms with Gasteiger partial charge in [-0.15, -0.1) is 0 Å². The minimum absolute atomic E-state index is 0.248. The second kappa shape index (κ2) is 4.45. The SMILES string of the molecule is C[Si](C)(C)/C=C(/c1ccccc1)C(F)(F)F. The van der Waals surface area contributed by atoms with Crippen molar-refractivity contribution in [2.24, 2.45) is 0 Å². The molecule has 0 saturated heterocycles. The molecular formula is C12H15F3Si. The number of allylic oxidation sites excluding steroid dienone is 1. The van der Waals surface area contributed by atoms with Gasteiger partial charge in [0.1, 0.15) is 0 Å². The predicted molar refractivity (Wildman–Crippen MR) is 63.8 cm³/mol. The first-order valence-electron chi connectivity index (χ1n) is 5.05. The highest BCUT2D eigenvalue weighted by Gasteiger charge is 2.35. The molecular weight excluding hydrogens is 229 g/mol. The van der Waals surface area contributed by atoms with Crippen molar-refractivity contribution in [3.8, 4) is 0 Å². The van der Waals surface area contributed by atoms with E-state index in [-0.39, 0.29) is 5.56 Å². The summed E-state index contributed by atoms with van der Waals surface area (Å²) in [5.41, 5.74) is 1.15. The molecule has 0 bridgehead atoms. The molecule has 0 nitrogen and oxygen atoms in total. The lowest BCUT2D eigenvalue weighted by Crippen LogP contribution is -2.21. The summed E-state index contributed by atoms with van der Waals surface area (Å²) in [6.07, 6.45) is -4.28. The predicted octanol–water partition coefficient (Wildman–Crippen LogP) is 4.51. The van der Waals surface area contributed by atoms with Crippen molar-refractivity contribution in [1.82, 2.24) is 0 Å². The number of alkyl halides is 3. The molecule has 4 heteroatoms. The number of hydrogen-bond acceptors (Lipinski definition) is 0. The Morgan fingerprint density at radius 2 is 1.56 bits per heavy atom. The van der Waals surface area contributed by atoms with E-state index in [0.717, 1.165) is 0 Å². The van der Waals surface area contributed by atoms with Gasteiger partial charge in [0.05, 0.1) is 13.6 Å². The Morgan fingerprint density at radius 1 is 1.06 bits per heavy atom. The molecule has 0 fully saturated rings. The number of hydrogen-bond donors (Lipinski definition) is 0. The van der Waals surface area contributed by atoms with Crippen molar-refractivity contribution in [1.29, 1.82) is 0 Å². The number of halogens is 3. The van der Waals surface area contributed by atoms with E-state index in [1.807, 2.05) is 19.6 Å². The van der Waals surface area contributed by atoms with Crippen molar-refractivity contribution in [2.75, 3.05) is 0 Å². The third-order valence-corrected chi connectivity index (χ3v) is 3.12. The van der Waals surface area contributed by atoms with Crippen LogP contribution in [0, 0.1) is 0 Å². The van der Waals surface area contributed by atoms with Gasteiger partial charge in [0.2, 0.25) is 0 Å². The van der Waals surface area contributed by atoms with E-state index in [9.17, 15) is 13.2 Å². The van der Waals surface area contributed by atoms with Gasteiger partial charge in [-0.3, -0.25) is 0 Å². The van der Waals surface area contributed by atoms with Crippen LogP contribution in [0.1, 0.15) is 5.56 Å². The molecule has 1 aromatic rings. The minimum atomic E-state index is -4.28. The van der Waals surface area contributed by atoms with Gasteiger partial charge >= 0.3 is 6.18 Å². The first kappa shape index (κ1) is 13.0. The molecule has 1 aromatic carbocycles. The third-order valence-electron chi connectivity index (χ3n) is 1.97. The van der Waals surface area contributed by atoms with Crippen LogP contribution >= 0.6 is 0 Å². The van der Waals surface area contributed by atoms with Gasteiger partial charge in [-0.1, -0.05) is 55.7 Å². The number of benzene rings is 1. The molecule has 0 spiro atoms. The molecule has 16 heavy (non-hydrogen) atoms. The molecule has 0 amide bonds. The molecule has 0 aliphatic carbocycles. The van der Waals surface area contributed by atoms with Crippen molar-refractivity contribution in [2.45, 2.75) is 25.8 Å². The zero-order chi connectivity index (χ0) is 12.4. The van der Waals surface area contributed by atoms with Gasteiger partial charge in [0.15, 0.2) is 0 Å². The largest absolute Gasteiger partial charge is 0.416 e. The van der Waals surface area contributed by atoms with Crippen molar-refractivity contribution >= 4 is 13.6 Å². The van der Waals surface area contributed by atoms with Crippen LogP contribution in [0.25, 0.3) is 5.57 Å². The average Bonchev–Trinajstić information content (AvgIpc) is 2.13. The Kier molecular flexibility index (Phi) is 3.63. The quantitative estimate of drug-likeness (QED) is 0.671. The Bertz CT molecular complexity index is 371. The molecule has 0 aliphatic rings. The molecule has 0 atom stereocenters. The third kappa shape index (κ3) is 3.85. The molecule has 0 unspecified atom stereocenters. The summed E-state index contributed by atoms with van der Waals surface area (Å²) in [5, 5.41) is 0. The lowest BCUT2D eigenvalue weighted by molar-refractivity contribution is -0.0688. The summed E-state index contributed by atoms with van der Waals surface area (Å²) in [5.74, 6) is 0. The van der Waals surface area contributed by atoms with E-state index in [2.05, 4.69) is 0 Å². The Labute approximate surface area is 94.8 Å². The van der Waals surface area contributed by atoms with Gasteiger partial charge in [-0.05, 0) is 5.56 Å². The summed E-state index contributed by atoms with van der Waals surface area (Å²) in [4.78, 5) is 0. The van der Waals surface area contributed by atoms with Gasteiger partial charge in [0, 0.05) is 0 Å². The van der Waals surface area contributed by atoms with Crippen LogP contribution in [-0.4, -0.2) is 14.3 Å². The zero-order valence-electron chi connectivity index (χ0n) is 9.60. The van der Waals surface area contributed by atoms with Crippen molar-refractivity contribution < 1.29 is 13.2 Å². The summed E-state index contributed by atoms with van der Waals surface area (Å²) < 4.78 is 38.7. The van der Waals surface area contributed by atoms with Crippen LogP contribution in [0.2, 0.25) is 19.6 Å². The van der Waals surface area contributed by atoms with Gasteiger partial charge in [0.25, 0.3) is 0 Å². The van der Waals surface area contributed by atoms with Crippen molar-refractivity contribution in [3.05, 3.63) is 41.6 Å². The van der Waals surface area contributed by atoms with E-state index in [1.54, 1.807) is 18.2 Å². The maximum Gasteiger partial charge on any atom is 0.416 e. The lowest BCUT2D eigenvalue weighted by atomic mass is 10.1. The van der Waals surface area contributed by atoms with Crippen molar-refractivity contribution in [3.63, 3.8) is 0 Å². The summed E-state index contributed by atoms with van der Waals surface area (Å²) >= 11 is 0. The van der Waals surface area contributed by atoms with Crippen LogP contribution in [0.4, 0.5) is 13.2 Å². The fourth-order valence-electron chi connectivity index (χ4n) is 1.38. The lowest BCUT2D eigenvalue weighted by Gasteiger charge is -2.17. The standard InChI is InChI=1S/C12H15F3Si/c1-16(2,3)9-11(12(13,14)15)10-7-5-4-6-8-10/h4-9H,1-3H3/b11-9-. The van der Waals surface area contributed by atoms with Crippen LogP contribution in [0.3, 0.4) is 0 Å². The molecule has 0 heterocycles. The number of rotatable bonds is 2. The van der Waals surface area contributed by atoms with Gasteiger partial charge < -0.3 is 0 Å². The van der Waals surface area contributed by atoms with E-state index in [0.29, 0.717) is 0 Å². The summed E-state index contributed by atoms with van der Waals surface area (Å²) in [6.45, 7) is 5.67. The van der Waals surface area contributed by atoms with Crippen LogP contribution in [-0.2, 0) is 0 Å². The van der Waals surface area contributed by atoms with Crippen LogP contribution < -0.4 is 0 Å². The second-order valence-corrected chi connectivity index (χ2v) is 9.81. The highest BCUT2D eigenvalue weighted by molar-refractivity contribution is 6.81. The molecule has 0 radical (unpaired) electrons. The van der Waals surface area contributed by atoms with E-state index in [4.69, 9.17) is 0 Å². The molecule has 0 saturated carbocycles. The molecule has 0 aliphatic heterocycles. The van der Waals surface area contributed by atoms with E-state index in [1.165, 1.54) is 17.8 Å². The van der Waals surface area contributed by atoms with Crippen LogP contribution in [0.15, 0.2) is 36.0 Å². The highest BCUT2D eigenvalue weighted by Crippen LogP contribution is 2.34. The first-order valence-corrected chi connectivity index (χ1v) is 8.63. The molecule has 0 aromatic heterocycles. The van der Waals surface area contributed by atoms with Gasteiger partial charge in [-0.25, -0.2) is 0 Å². The summed E-state index contributed by atoms with van der Waals surface area (Å²) in [7, 11) is -1.89. The fraction of sp³-hybridized carbons (Fsp3) is 0.333. The average molecular weight is 244 g/mol. The monoisotopic (exact) mass is 244 g/mol. The normalized spacial score (nSPS) is 14.0. The van der Waals surface area contributed by atoms with Gasteiger partial charge in [-0.2, -0.15) is 13.2 Å². The maximum absolute atomic E-state index is 12.9. The summed E-state index contributed by atoms with van der Waals surface area (Å²) in [6, 6.07) is 7.96. The Balaban J connectivity index is 3.24. The van der Waals surface area contributed by atoms with E-state index >= 15 is 0 Å². The second-order valence-electron chi connectivity index (χ2n) is 4.79.